The molecule has 1 heterocycles. The zero-order valence-electron chi connectivity index (χ0n) is 10.6. The molecule has 5 heteroatoms. The summed E-state index contributed by atoms with van der Waals surface area (Å²) < 4.78 is 0. The second kappa shape index (κ2) is 6.08. The minimum atomic E-state index is -0.0284. The number of nitrogens with zero attached hydrogens (tertiary/aromatic N) is 1. The van der Waals surface area contributed by atoms with Crippen molar-refractivity contribution in [3.8, 4) is 0 Å². The van der Waals surface area contributed by atoms with Crippen molar-refractivity contribution >= 4 is 34.5 Å². The van der Waals surface area contributed by atoms with E-state index in [1.807, 2.05) is 36.6 Å². The van der Waals surface area contributed by atoms with E-state index in [1.165, 1.54) is 11.3 Å². The number of hydrogen-bond acceptors (Lipinski definition) is 3. The average molecular weight is 295 g/mol. The van der Waals surface area contributed by atoms with Crippen molar-refractivity contribution in [2.75, 3.05) is 12.3 Å². The summed E-state index contributed by atoms with van der Waals surface area (Å²) in [4.78, 5) is 14.7. The van der Waals surface area contributed by atoms with Crippen LogP contribution in [0, 0.1) is 0 Å². The molecule has 0 fully saturated rings. The summed E-state index contributed by atoms with van der Waals surface area (Å²) >= 11 is 7.38. The molecule has 0 saturated carbocycles. The first-order chi connectivity index (χ1) is 9.11. The van der Waals surface area contributed by atoms with Gasteiger partial charge in [-0.25, -0.2) is 0 Å². The van der Waals surface area contributed by atoms with E-state index < -0.39 is 0 Å². The van der Waals surface area contributed by atoms with Crippen LogP contribution in [0.3, 0.4) is 0 Å². The molecular weight excluding hydrogens is 280 g/mol. The predicted octanol–water partition coefficient (Wildman–Crippen LogP) is 3.65. The van der Waals surface area contributed by atoms with Crippen molar-refractivity contribution in [3.63, 3.8) is 0 Å². The molecule has 2 N–H and O–H groups in total. The number of amides is 1. The maximum absolute atomic E-state index is 12.4. The normalized spacial score (nSPS) is 10.4. The van der Waals surface area contributed by atoms with Crippen LogP contribution in [-0.2, 0) is 6.54 Å². The molecule has 0 aliphatic carbocycles. The van der Waals surface area contributed by atoms with Crippen molar-refractivity contribution < 1.29 is 4.79 Å². The third-order valence-corrected chi connectivity index (χ3v) is 4.16. The van der Waals surface area contributed by atoms with E-state index in [9.17, 15) is 4.79 Å². The van der Waals surface area contributed by atoms with Gasteiger partial charge in [0, 0.05) is 18.8 Å². The summed E-state index contributed by atoms with van der Waals surface area (Å²) in [6.07, 6.45) is 0. The average Bonchev–Trinajstić information content (AvgIpc) is 2.83. The largest absolute Gasteiger partial charge is 0.399 e. The van der Waals surface area contributed by atoms with Gasteiger partial charge in [-0.05, 0) is 36.1 Å². The van der Waals surface area contributed by atoms with Crippen LogP contribution in [0.15, 0.2) is 35.7 Å². The van der Waals surface area contributed by atoms with Crippen LogP contribution in [0.25, 0.3) is 0 Å². The van der Waals surface area contributed by atoms with Crippen molar-refractivity contribution in [2.24, 2.45) is 0 Å². The molecule has 1 aromatic carbocycles. The fourth-order valence-electron chi connectivity index (χ4n) is 1.76. The Morgan fingerprint density at radius 1 is 1.32 bits per heavy atom. The Kier molecular flexibility index (Phi) is 4.45. The maximum Gasteiger partial charge on any atom is 0.265 e. The molecular formula is C14H15ClN2OS. The van der Waals surface area contributed by atoms with E-state index >= 15 is 0 Å². The molecule has 0 atom stereocenters. The molecule has 0 spiro atoms. The third kappa shape index (κ3) is 3.28. The van der Waals surface area contributed by atoms with Crippen LogP contribution < -0.4 is 5.73 Å². The molecule has 19 heavy (non-hydrogen) atoms. The van der Waals surface area contributed by atoms with E-state index in [1.54, 1.807) is 11.0 Å². The van der Waals surface area contributed by atoms with Crippen molar-refractivity contribution in [3.05, 3.63) is 51.2 Å². The van der Waals surface area contributed by atoms with Gasteiger partial charge in [-0.1, -0.05) is 23.7 Å². The Labute approximate surface area is 121 Å². The summed E-state index contributed by atoms with van der Waals surface area (Å²) in [7, 11) is 0. The van der Waals surface area contributed by atoms with Crippen LogP contribution in [0.2, 0.25) is 5.02 Å². The zero-order valence-corrected chi connectivity index (χ0v) is 12.2. The Balaban J connectivity index is 2.14. The van der Waals surface area contributed by atoms with Gasteiger partial charge in [0.1, 0.15) is 4.88 Å². The van der Waals surface area contributed by atoms with Crippen LogP contribution in [-0.4, -0.2) is 17.4 Å². The van der Waals surface area contributed by atoms with Gasteiger partial charge >= 0.3 is 0 Å². The van der Waals surface area contributed by atoms with Crippen LogP contribution >= 0.6 is 22.9 Å². The summed E-state index contributed by atoms with van der Waals surface area (Å²) in [6.45, 7) is 3.15. The predicted molar refractivity (Wildman–Crippen MR) is 80.6 cm³/mol. The van der Waals surface area contributed by atoms with Gasteiger partial charge in [0.05, 0.1) is 5.02 Å². The first-order valence-electron chi connectivity index (χ1n) is 5.98. The molecule has 0 saturated heterocycles. The Bertz CT molecular complexity index is 565. The second-order valence-corrected chi connectivity index (χ2v) is 5.48. The van der Waals surface area contributed by atoms with Crippen LogP contribution in [0.1, 0.15) is 22.2 Å². The van der Waals surface area contributed by atoms with E-state index in [0.29, 0.717) is 23.0 Å². The van der Waals surface area contributed by atoms with Crippen molar-refractivity contribution in [1.29, 1.82) is 0 Å². The van der Waals surface area contributed by atoms with Gasteiger partial charge in [0.15, 0.2) is 0 Å². The second-order valence-electron chi connectivity index (χ2n) is 4.16. The number of benzene rings is 1. The first kappa shape index (κ1) is 13.9. The molecule has 1 aromatic heterocycles. The number of carbonyl (C=O) groups excluding carboxylic acids is 1. The quantitative estimate of drug-likeness (QED) is 0.875. The highest BCUT2D eigenvalue weighted by Crippen LogP contribution is 2.24. The maximum atomic E-state index is 12.4. The lowest BCUT2D eigenvalue weighted by Crippen LogP contribution is -2.29. The minimum Gasteiger partial charge on any atom is -0.399 e. The number of thiophene rings is 1. The highest BCUT2D eigenvalue weighted by molar-refractivity contribution is 7.12. The molecule has 1 amide bonds. The molecule has 0 radical (unpaired) electrons. The van der Waals surface area contributed by atoms with E-state index in [0.717, 1.165) is 11.3 Å². The van der Waals surface area contributed by atoms with Gasteiger partial charge in [-0.3, -0.25) is 4.79 Å². The number of hydrogen-bond donors (Lipinski definition) is 1. The van der Waals surface area contributed by atoms with Crippen molar-refractivity contribution in [2.45, 2.75) is 13.5 Å². The number of carbonyl (C=O) groups is 1. The molecule has 0 aliphatic rings. The molecule has 0 bridgehead atoms. The fourth-order valence-corrected chi connectivity index (χ4v) is 2.86. The lowest BCUT2D eigenvalue weighted by Gasteiger charge is -2.20. The van der Waals surface area contributed by atoms with Gasteiger partial charge in [0.25, 0.3) is 5.91 Å². The summed E-state index contributed by atoms with van der Waals surface area (Å²) in [6, 6.07) is 9.29. The van der Waals surface area contributed by atoms with E-state index in [-0.39, 0.29) is 5.91 Å². The molecule has 2 aromatic rings. The highest BCUT2D eigenvalue weighted by Gasteiger charge is 2.18. The summed E-state index contributed by atoms with van der Waals surface area (Å²) in [5.74, 6) is -0.0284. The zero-order chi connectivity index (χ0) is 13.8. The lowest BCUT2D eigenvalue weighted by atomic mass is 10.2. The standard InChI is InChI=1S/C14H15ClN2OS/c1-2-17(9-10-3-5-11(16)6-4-10)14(18)13-12(15)7-8-19-13/h3-8H,2,9,16H2,1H3. The Morgan fingerprint density at radius 2 is 2.00 bits per heavy atom. The number of rotatable bonds is 4. The van der Waals surface area contributed by atoms with Crippen LogP contribution in [0.5, 0.6) is 0 Å². The summed E-state index contributed by atoms with van der Waals surface area (Å²) in [5, 5.41) is 2.35. The molecule has 0 aliphatic heterocycles. The lowest BCUT2D eigenvalue weighted by molar-refractivity contribution is 0.0757. The number of nitrogen functional groups attached to an aromatic ring is 1. The Hall–Kier alpha value is -1.52. The van der Waals surface area contributed by atoms with Gasteiger partial charge < -0.3 is 10.6 Å². The molecule has 3 nitrogen and oxygen atoms in total. The number of anilines is 1. The third-order valence-electron chi connectivity index (χ3n) is 2.83. The first-order valence-corrected chi connectivity index (χ1v) is 7.24. The summed E-state index contributed by atoms with van der Waals surface area (Å²) in [5.41, 5.74) is 7.43. The topological polar surface area (TPSA) is 46.3 Å². The smallest absolute Gasteiger partial charge is 0.265 e. The highest BCUT2D eigenvalue weighted by atomic mass is 35.5. The van der Waals surface area contributed by atoms with Gasteiger partial charge in [-0.15, -0.1) is 11.3 Å². The van der Waals surface area contributed by atoms with Gasteiger partial charge in [0.2, 0.25) is 0 Å². The van der Waals surface area contributed by atoms with Gasteiger partial charge in [-0.2, -0.15) is 0 Å². The van der Waals surface area contributed by atoms with Crippen LogP contribution in [0.4, 0.5) is 5.69 Å². The minimum absolute atomic E-state index is 0.0284. The van der Waals surface area contributed by atoms with E-state index in [2.05, 4.69) is 0 Å². The number of halogens is 1. The van der Waals surface area contributed by atoms with Crippen molar-refractivity contribution in [1.82, 2.24) is 4.90 Å². The monoisotopic (exact) mass is 294 g/mol. The SMILES string of the molecule is CCN(Cc1ccc(N)cc1)C(=O)c1sccc1Cl. The fraction of sp³-hybridized carbons (Fsp3) is 0.214. The van der Waals surface area contributed by atoms with E-state index in [4.69, 9.17) is 17.3 Å². The molecule has 2 rings (SSSR count). The number of nitrogens with two attached hydrogens (primary N) is 1. The molecule has 0 unspecified atom stereocenters. The molecule has 100 valence electrons. The Morgan fingerprint density at radius 3 is 2.53 bits per heavy atom.